The minimum atomic E-state index is -0.244. The highest BCUT2D eigenvalue weighted by atomic mass is 16.5. The predicted molar refractivity (Wildman–Crippen MR) is 103 cm³/mol. The Kier molecular flexibility index (Phi) is 5.68. The fourth-order valence-corrected chi connectivity index (χ4v) is 3.57. The van der Waals surface area contributed by atoms with E-state index in [0.29, 0.717) is 39.1 Å². The van der Waals surface area contributed by atoms with Gasteiger partial charge in [0.1, 0.15) is 5.65 Å². The quantitative estimate of drug-likeness (QED) is 0.639. The van der Waals surface area contributed by atoms with E-state index < -0.39 is 0 Å². The lowest BCUT2D eigenvalue weighted by Crippen LogP contribution is -2.33. The fraction of sp³-hybridized carbons (Fsp3) is 0.450. The van der Waals surface area contributed by atoms with E-state index in [-0.39, 0.29) is 17.9 Å². The number of imidazole rings is 1. The summed E-state index contributed by atoms with van der Waals surface area (Å²) >= 11 is 0. The summed E-state index contributed by atoms with van der Waals surface area (Å²) in [5.41, 5.74) is 2.82. The van der Waals surface area contributed by atoms with E-state index in [0.717, 1.165) is 16.9 Å². The maximum Gasteiger partial charge on any atom is 0.226 e. The number of ether oxygens (including phenoxy) is 2. The van der Waals surface area contributed by atoms with Gasteiger partial charge in [0.2, 0.25) is 5.91 Å². The molecule has 1 N–H and O–H groups in total. The molecule has 8 nitrogen and oxygen atoms in total. The number of pyridine rings is 1. The number of nitrogens with zero attached hydrogens (tertiary/aromatic N) is 4. The number of carbonyl (C=O) groups excluding carboxylic acids is 1. The van der Waals surface area contributed by atoms with Gasteiger partial charge in [-0.2, -0.15) is 5.10 Å². The van der Waals surface area contributed by atoms with E-state index in [2.05, 4.69) is 15.4 Å². The molecule has 8 heteroatoms. The highest BCUT2D eigenvalue weighted by Crippen LogP contribution is 2.34. The second-order valence-corrected chi connectivity index (χ2v) is 6.96. The first-order valence-electron chi connectivity index (χ1n) is 9.58. The number of hydrogen-bond acceptors (Lipinski definition) is 5. The largest absolute Gasteiger partial charge is 0.383 e. The molecule has 0 bridgehead atoms. The number of rotatable bonds is 8. The van der Waals surface area contributed by atoms with Crippen LogP contribution < -0.4 is 5.32 Å². The maximum atomic E-state index is 12.7. The molecule has 0 spiro atoms. The smallest absolute Gasteiger partial charge is 0.226 e. The number of carbonyl (C=O) groups is 1. The molecule has 148 valence electrons. The minimum Gasteiger partial charge on any atom is -0.383 e. The third-order valence-electron chi connectivity index (χ3n) is 5.03. The van der Waals surface area contributed by atoms with Gasteiger partial charge in [0.25, 0.3) is 0 Å². The van der Waals surface area contributed by atoms with Crippen molar-refractivity contribution < 1.29 is 14.3 Å². The first kappa shape index (κ1) is 18.6. The van der Waals surface area contributed by atoms with Crippen LogP contribution in [-0.2, 0) is 27.2 Å². The Balaban J connectivity index is 1.32. The fourth-order valence-electron chi connectivity index (χ4n) is 3.57. The van der Waals surface area contributed by atoms with E-state index in [1.165, 1.54) is 0 Å². The molecule has 1 saturated heterocycles. The number of amides is 1. The molecule has 28 heavy (non-hydrogen) atoms. The first-order chi connectivity index (χ1) is 13.7. The highest BCUT2D eigenvalue weighted by molar-refractivity contribution is 5.79. The average molecular weight is 383 g/mol. The van der Waals surface area contributed by atoms with Crippen LogP contribution in [-0.4, -0.2) is 51.9 Å². The van der Waals surface area contributed by atoms with Crippen molar-refractivity contribution in [3.05, 3.63) is 54.2 Å². The molecule has 1 aliphatic heterocycles. The molecule has 3 aromatic rings. The van der Waals surface area contributed by atoms with Crippen molar-refractivity contribution in [1.82, 2.24) is 24.5 Å². The number of hydrogen-bond donors (Lipinski definition) is 1. The highest BCUT2D eigenvalue weighted by Gasteiger charge is 2.35. The molecule has 0 radical (unpaired) electrons. The van der Waals surface area contributed by atoms with Gasteiger partial charge in [-0.1, -0.05) is 6.07 Å². The van der Waals surface area contributed by atoms with Gasteiger partial charge < -0.3 is 19.2 Å². The first-order valence-corrected chi connectivity index (χ1v) is 9.58. The van der Waals surface area contributed by atoms with Gasteiger partial charge in [-0.05, 0) is 18.6 Å². The van der Waals surface area contributed by atoms with Crippen molar-refractivity contribution in [3.63, 3.8) is 0 Å². The van der Waals surface area contributed by atoms with Crippen LogP contribution in [0.2, 0.25) is 0 Å². The monoisotopic (exact) mass is 383 g/mol. The van der Waals surface area contributed by atoms with Crippen LogP contribution in [0, 0.1) is 5.92 Å². The Morgan fingerprint density at radius 3 is 3.18 bits per heavy atom. The third kappa shape index (κ3) is 4.07. The van der Waals surface area contributed by atoms with Gasteiger partial charge in [0.15, 0.2) is 0 Å². The molecular weight excluding hydrogens is 358 g/mol. The van der Waals surface area contributed by atoms with E-state index in [4.69, 9.17) is 9.47 Å². The van der Waals surface area contributed by atoms with Crippen molar-refractivity contribution in [3.8, 4) is 0 Å². The molecule has 1 fully saturated rings. The molecule has 0 unspecified atom stereocenters. The Labute approximate surface area is 163 Å². The molecule has 1 aliphatic rings. The topological polar surface area (TPSA) is 82.7 Å². The molecule has 2 atom stereocenters. The standard InChI is InChI=1S/C20H25N5O3/c1-27-11-9-25-13-15(12-22-25)19-17(6-10-28-19)20(26)21-7-5-16-14-24-8-3-2-4-18(24)23-16/h2-4,8,12-14,17,19H,5-7,9-11H2,1H3,(H,21,26)/t17-,19+/m0/s1. The lowest BCUT2D eigenvalue weighted by molar-refractivity contribution is -0.126. The SMILES string of the molecule is COCCn1cc([C@H]2OCC[C@@H]2C(=O)NCCc2cn3ccccc3n2)cn1. The van der Waals surface area contributed by atoms with E-state index in [9.17, 15) is 4.79 Å². The summed E-state index contributed by atoms with van der Waals surface area (Å²) < 4.78 is 14.7. The van der Waals surface area contributed by atoms with Crippen molar-refractivity contribution in [1.29, 1.82) is 0 Å². The minimum absolute atomic E-state index is 0.0240. The van der Waals surface area contributed by atoms with Gasteiger partial charge in [-0.25, -0.2) is 4.98 Å². The summed E-state index contributed by atoms with van der Waals surface area (Å²) in [6.45, 7) is 2.41. The van der Waals surface area contributed by atoms with Crippen molar-refractivity contribution in [2.75, 3.05) is 26.9 Å². The number of fused-ring (bicyclic) bond motifs is 1. The van der Waals surface area contributed by atoms with Gasteiger partial charge in [-0.15, -0.1) is 0 Å². The summed E-state index contributed by atoms with van der Waals surface area (Å²) in [6.07, 6.45) is 8.85. The lowest BCUT2D eigenvalue weighted by Gasteiger charge is -2.16. The lowest BCUT2D eigenvalue weighted by atomic mass is 9.96. The maximum absolute atomic E-state index is 12.7. The summed E-state index contributed by atoms with van der Waals surface area (Å²) in [6, 6.07) is 5.90. The normalized spacial score (nSPS) is 19.3. The van der Waals surface area contributed by atoms with Gasteiger partial charge in [-0.3, -0.25) is 9.48 Å². The van der Waals surface area contributed by atoms with E-state index >= 15 is 0 Å². The summed E-state index contributed by atoms with van der Waals surface area (Å²) in [7, 11) is 1.66. The van der Waals surface area contributed by atoms with Crippen LogP contribution in [0.5, 0.6) is 0 Å². The van der Waals surface area contributed by atoms with Crippen LogP contribution in [0.15, 0.2) is 43.0 Å². The number of aromatic nitrogens is 4. The predicted octanol–water partition coefficient (Wildman–Crippen LogP) is 1.61. The summed E-state index contributed by atoms with van der Waals surface area (Å²) in [5.74, 6) is -0.169. The van der Waals surface area contributed by atoms with Gasteiger partial charge >= 0.3 is 0 Å². The molecule has 4 rings (SSSR count). The number of nitrogens with one attached hydrogen (secondary N) is 1. The van der Waals surface area contributed by atoms with Crippen molar-refractivity contribution in [2.24, 2.45) is 5.92 Å². The van der Waals surface area contributed by atoms with Crippen molar-refractivity contribution >= 4 is 11.6 Å². The zero-order chi connectivity index (χ0) is 19.3. The van der Waals surface area contributed by atoms with Crippen LogP contribution in [0.3, 0.4) is 0 Å². The molecule has 0 aromatic carbocycles. The molecular formula is C20H25N5O3. The van der Waals surface area contributed by atoms with Gasteiger partial charge in [0.05, 0.1) is 37.1 Å². The summed E-state index contributed by atoms with van der Waals surface area (Å²) in [5, 5.41) is 7.37. The van der Waals surface area contributed by atoms with Crippen molar-refractivity contribution in [2.45, 2.75) is 25.5 Å². The Bertz CT molecular complexity index is 902. The number of methoxy groups -OCH3 is 1. The second-order valence-electron chi connectivity index (χ2n) is 6.96. The second kappa shape index (κ2) is 8.53. The molecule has 0 saturated carbocycles. The molecule has 0 aliphatic carbocycles. The van der Waals surface area contributed by atoms with Crippen LogP contribution in [0.4, 0.5) is 0 Å². The Morgan fingerprint density at radius 1 is 1.39 bits per heavy atom. The average Bonchev–Trinajstić information content (AvgIpc) is 3.43. The van der Waals surface area contributed by atoms with E-state index in [1.807, 2.05) is 45.9 Å². The third-order valence-corrected chi connectivity index (χ3v) is 5.03. The molecule has 4 heterocycles. The van der Waals surface area contributed by atoms with Gasteiger partial charge in [0, 0.05) is 50.8 Å². The van der Waals surface area contributed by atoms with Crippen LogP contribution in [0.25, 0.3) is 5.65 Å². The zero-order valence-corrected chi connectivity index (χ0v) is 16.0. The van der Waals surface area contributed by atoms with E-state index in [1.54, 1.807) is 13.3 Å². The Morgan fingerprint density at radius 2 is 2.32 bits per heavy atom. The Hall–Kier alpha value is -2.71. The molecule has 3 aromatic heterocycles. The van der Waals surface area contributed by atoms with Crippen LogP contribution >= 0.6 is 0 Å². The van der Waals surface area contributed by atoms with Crippen LogP contribution in [0.1, 0.15) is 23.8 Å². The summed E-state index contributed by atoms with van der Waals surface area (Å²) in [4.78, 5) is 17.3. The molecule has 1 amide bonds. The zero-order valence-electron chi connectivity index (χ0n) is 16.0.